The third kappa shape index (κ3) is 3.65. The van der Waals surface area contributed by atoms with Crippen LogP contribution in [0.1, 0.15) is 24.4 Å². The summed E-state index contributed by atoms with van der Waals surface area (Å²) in [7, 11) is -3.48. The van der Waals surface area contributed by atoms with Crippen molar-refractivity contribution in [1.29, 1.82) is 0 Å². The van der Waals surface area contributed by atoms with Crippen molar-refractivity contribution in [3.8, 4) is 11.1 Å². The largest absolute Gasteiger partial charge is 0.243 e. The lowest BCUT2D eigenvalue weighted by atomic mass is 10.0. The summed E-state index contributed by atoms with van der Waals surface area (Å²) >= 11 is 0. The standard InChI is InChI=1S/C20H22N4O2S/c1-16-2-4-17(5-3-16)18-6-8-20(9-7-18)27(25,26)23-14-10-19(11-15-23)24-21-12-13-22-24/h2-9,12-13,19H,10-11,14-15H2,1H3. The summed E-state index contributed by atoms with van der Waals surface area (Å²) in [5, 5.41) is 8.33. The highest BCUT2D eigenvalue weighted by molar-refractivity contribution is 7.89. The van der Waals surface area contributed by atoms with Crippen molar-refractivity contribution in [2.75, 3.05) is 13.1 Å². The van der Waals surface area contributed by atoms with Crippen LogP contribution in [0.5, 0.6) is 0 Å². The smallest absolute Gasteiger partial charge is 0.207 e. The zero-order valence-electron chi connectivity index (χ0n) is 15.2. The van der Waals surface area contributed by atoms with E-state index >= 15 is 0 Å². The van der Waals surface area contributed by atoms with Crippen LogP contribution in [-0.2, 0) is 10.0 Å². The Balaban J connectivity index is 1.48. The Morgan fingerprint density at radius 2 is 1.37 bits per heavy atom. The van der Waals surface area contributed by atoms with E-state index in [4.69, 9.17) is 0 Å². The molecule has 1 aliphatic heterocycles. The second kappa shape index (κ2) is 7.25. The molecule has 2 aromatic carbocycles. The summed E-state index contributed by atoms with van der Waals surface area (Å²) in [4.78, 5) is 2.02. The third-order valence-electron chi connectivity index (χ3n) is 5.06. The minimum atomic E-state index is -3.48. The predicted molar refractivity (Wildman–Crippen MR) is 104 cm³/mol. The van der Waals surface area contributed by atoms with Gasteiger partial charge in [0, 0.05) is 13.1 Å². The van der Waals surface area contributed by atoms with Gasteiger partial charge in [-0.05, 0) is 43.0 Å². The predicted octanol–water partition coefficient (Wildman–Crippen LogP) is 3.28. The number of rotatable bonds is 4. The minimum Gasteiger partial charge on any atom is -0.207 e. The number of benzene rings is 2. The molecule has 27 heavy (non-hydrogen) atoms. The van der Waals surface area contributed by atoms with Gasteiger partial charge < -0.3 is 0 Å². The van der Waals surface area contributed by atoms with Crippen LogP contribution in [0.2, 0.25) is 0 Å². The molecular weight excluding hydrogens is 360 g/mol. The average Bonchev–Trinajstić information content (AvgIpc) is 3.24. The molecule has 1 aliphatic rings. The lowest BCUT2D eigenvalue weighted by Crippen LogP contribution is -2.39. The average molecular weight is 382 g/mol. The van der Waals surface area contributed by atoms with Gasteiger partial charge in [0.05, 0.1) is 23.3 Å². The van der Waals surface area contributed by atoms with Crippen molar-refractivity contribution in [3.05, 3.63) is 66.5 Å². The molecule has 1 aromatic heterocycles. The zero-order valence-corrected chi connectivity index (χ0v) is 16.0. The molecule has 1 fully saturated rings. The van der Waals surface area contributed by atoms with Gasteiger partial charge in [0.2, 0.25) is 10.0 Å². The number of aryl methyl sites for hydroxylation is 1. The molecule has 0 spiro atoms. The van der Waals surface area contributed by atoms with Gasteiger partial charge >= 0.3 is 0 Å². The Labute approximate surface area is 159 Å². The number of nitrogens with zero attached hydrogens (tertiary/aromatic N) is 4. The quantitative estimate of drug-likeness (QED) is 0.694. The number of hydrogen-bond acceptors (Lipinski definition) is 4. The fourth-order valence-electron chi connectivity index (χ4n) is 3.44. The van der Waals surface area contributed by atoms with Crippen LogP contribution in [0.3, 0.4) is 0 Å². The molecule has 6 nitrogen and oxygen atoms in total. The zero-order chi connectivity index (χ0) is 18.9. The van der Waals surface area contributed by atoms with Crippen LogP contribution in [0.15, 0.2) is 65.8 Å². The minimum absolute atomic E-state index is 0.162. The van der Waals surface area contributed by atoms with E-state index in [0.717, 1.165) is 24.0 Å². The van der Waals surface area contributed by atoms with Crippen molar-refractivity contribution >= 4 is 10.0 Å². The second-order valence-electron chi connectivity index (χ2n) is 6.88. The second-order valence-corrected chi connectivity index (χ2v) is 8.81. The van der Waals surface area contributed by atoms with Crippen molar-refractivity contribution in [1.82, 2.24) is 19.3 Å². The third-order valence-corrected chi connectivity index (χ3v) is 6.98. The van der Waals surface area contributed by atoms with E-state index in [0.29, 0.717) is 18.0 Å². The van der Waals surface area contributed by atoms with Crippen LogP contribution in [-0.4, -0.2) is 40.8 Å². The van der Waals surface area contributed by atoms with E-state index in [-0.39, 0.29) is 6.04 Å². The number of piperidine rings is 1. The summed E-state index contributed by atoms with van der Waals surface area (Å²) < 4.78 is 27.5. The van der Waals surface area contributed by atoms with E-state index < -0.39 is 10.0 Å². The summed E-state index contributed by atoms with van der Waals surface area (Å²) in [6.45, 7) is 3.01. The Morgan fingerprint density at radius 1 is 0.852 bits per heavy atom. The summed E-state index contributed by atoms with van der Waals surface area (Å²) in [6, 6.07) is 15.5. The first kappa shape index (κ1) is 17.9. The van der Waals surface area contributed by atoms with Gasteiger partial charge in [-0.15, -0.1) is 0 Å². The van der Waals surface area contributed by atoms with Gasteiger partial charge in [-0.2, -0.15) is 19.3 Å². The summed E-state index contributed by atoms with van der Waals surface area (Å²) in [6.07, 6.45) is 4.74. The molecule has 0 amide bonds. The number of sulfonamides is 1. The summed E-state index contributed by atoms with van der Waals surface area (Å²) in [5.41, 5.74) is 3.29. The topological polar surface area (TPSA) is 68.1 Å². The molecule has 3 aromatic rings. The fraction of sp³-hybridized carbons (Fsp3) is 0.300. The molecule has 140 valence electrons. The Bertz CT molecular complexity index is 989. The first-order valence-electron chi connectivity index (χ1n) is 9.07. The normalized spacial score (nSPS) is 16.5. The first-order chi connectivity index (χ1) is 13.0. The molecule has 0 aliphatic carbocycles. The van der Waals surface area contributed by atoms with Gasteiger partial charge in [-0.1, -0.05) is 42.0 Å². The molecule has 0 saturated carbocycles. The molecule has 0 radical (unpaired) electrons. The maximum absolute atomic E-state index is 13.0. The van der Waals surface area contributed by atoms with Crippen molar-refractivity contribution in [2.24, 2.45) is 0 Å². The Kier molecular flexibility index (Phi) is 4.80. The molecule has 7 heteroatoms. The molecular formula is C20H22N4O2S. The number of aromatic nitrogens is 3. The van der Waals surface area contributed by atoms with Crippen LogP contribution < -0.4 is 0 Å². The van der Waals surface area contributed by atoms with E-state index in [9.17, 15) is 8.42 Å². The fourth-order valence-corrected chi connectivity index (χ4v) is 4.91. The van der Waals surface area contributed by atoms with Crippen LogP contribution in [0, 0.1) is 6.92 Å². The van der Waals surface area contributed by atoms with Gasteiger partial charge in [0.15, 0.2) is 0 Å². The van der Waals surface area contributed by atoms with Gasteiger partial charge in [-0.25, -0.2) is 8.42 Å². The Hall–Kier alpha value is -2.51. The van der Waals surface area contributed by atoms with E-state index in [2.05, 4.69) is 22.3 Å². The molecule has 4 rings (SSSR count). The van der Waals surface area contributed by atoms with Crippen molar-refractivity contribution in [3.63, 3.8) is 0 Å². The first-order valence-corrected chi connectivity index (χ1v) is 10.5. The maximum Gasteiger partial charge on any atom is 0.243 e. The van der Waals surface area contributed by atoms with Gasteiger partial charge in [-0.3, -0.25) is 0 Å². The highest BCUT2D eigenvalue weighted by atomic mass is 32.2. The molecule has 0 N–H and O–H groups in total. The van der Waals surface area contributed by atoms with E-state index in [1.807, 2.05) is 31.2 Å². The lowest BCUT2D eigenvalue weighted by Gasteiger charge is -2.30. The highest BCUT2D eigenvalue weighted by Crippen LogP contribution is 2.27. The number of hydrogen-bond donors (Lipinski definition) is 0. The van der Waals surface area contributed by atoms with Gasteiger partial charge in [0.25, 0.3) is 0 Å². The van der Waals surface area contributed by atoms with E-state index in [1.165, 1.54) is 5.56 Å². The SMILES string of the molecule is Cc1ccc(-c2ccc(S(=O)(=O)N3CCC(n4nccn4)CC3)cc2)cc1. The van der Waals surface area contributed by atoms with Gasteiger partial charge in [0.1, 0.15) is 0 Å². The molecule has 0 atom stereocenters. The molecule has 2 heterocycles. The molecule has 0 bridgehead atoms. The van der Waals surface area contributed by atoms with Crippen molar-refractivity contribution in [2.45, 2.75) is 30.7 Å². The van der Waals surface area contributed by atoms with Crippen molar-refractivity contribution < 1.29 is 8.42 Å². The maximum atomic E-state index is 13.0. The van der Waals surface area contributed by atoms with Crippen LogP contribution in [0.4, 0.5) is 0 Å². The van der Waals surface area contributed by atoms with Crippen LogP contribution in [0.25, 0.3) is 11.1 Å². The molecule has 0 unspecified atom stereocenters. The van der Waals surface area contributed by atoms with E-state index in [1.54, 1.807) is 33.6 Å². The lowest BCUT2D eigenvalue weighted by molar-refractivity contribution is 0.245. The molecule has 1 saturated heterocycles. The highest BCUT2D eigenvalue weighted by Gasteiger charge is 2.30. The van der Waals surface area contributed by atoms with Crippen LogP contribution >= 0.6 is 0 Å². The Morgan fingerprint density at radius 3 is 1.93 bits per heavy atom. The monoisotopic (exact) mass is 382 g/mol. The summed E-state index contributed by atoms with van der Waals surface area (Å²) in [5.74, 6) is 0.